The van der Waals surface area contributed by atoms with Crippen molar-refractivity contribution in [1.29, 1.82) is 0 Å². The summed E-state index contributed by atoms with van der Waals surface area (Å²) in [5.74, 6) is 1.66. The van der Waals surface area contributed by atoms with Gasteiger partial charge in [-0.2, -0.15) is 0 Å². The number of ether oxygens (including phenoxy) is 1. The highest BCUT2D eigenvalue weighted by Crippen LogP contribution is 2.32. The topological polar surface area (TPSA) is 51.4 Å². The van der Waals surface area contributed by atoms with E-state index in [9.17, 15) is 0 Å². The maximum atomic E-state index is 5.74. The Kier molecular flexibility index (Phi) is 3.79. The summed E-state index contributed by atoms with van der Waals surface area (Å²) in [5, 5.41) is 0. The lowest BCUT2D eigenvalue weighted by atomic mass is 10.2. The largest absolute Gasteiger partial charge is 0.495 e. The second-order valence-corrected chi connectivity index (χ2v) is 3.92. The van der Waals surface area contributed by atoms with Gasteiger partial charge in [0.2, 0.25) is 0 Å². The molecule has 1 aromatic heterocycles. The molecule has 18 heavy (non-hydrogen) atoms. The minimum absolute atomic E-state index is 0.461. The third kappa shape index (κ3) is 2.28. The zero-order valence-corrected chi connectivity index (χ0v) is 10.6. The van der Waals surface area contributed by atoms with Gasteiger partial charge in [0.1, 0.15) is 11.6 Å². The summed E-state index contributed by atoms with van der Waals surface area (Å²) in [6, 6.07) is 11.7. The number of hydrogen-bond donors (Lipinski definition) is 1. The average Bonchev–Trinajstić information content (AvgIpc) is 2.46. The summed E-state index contributed by atoms with van der Waals surface area (Å²) in [5.41, 5.74) is 7.71. The minimum atomic E-state index is 0.461. The summed E-state index contributed by atoms with van der Waals surface area (Å²) in [6.07, 6.45) is 1.76. The number of hydrogen-bond acceptors (Lipinski definition) is 4. The fraction of sp³-hybridized carbons (Fsp3) is 0.214. The number of pyridine rings is 1. The Morgan fingerprint density at radius 3 is 2.72 bits per heavy atom. The fourth-order valence-corrected chi connectivity index (χ4v) is 1.91. The SMILES string of the molecule is COc1ccccc1N(C)c1ncccc1CN. The van der Waals surface area contributed by atoms with Crippen LogP contribution in [0.2, 0.25) is 0 Å². The number of nitrogens with zero attached hydrogens (tertiary/aromatic N) is 2. The van der Waals surface area contributed by atoms with Gasteiger partial charge in [0.05, 0.1) is 12.8 Å². The highest BCUT2D eigenvalue weighted by atomic mass is 16.5. The van der Waals surface area contributed by atoms with E-state index < -0.39 is 0 Å². The van der Waals surface area contributed by atoms with Crippen LogP contribution in [0.25, 0.3) is 0 Å². The van der Waals surface area contributed by atoms with Gasteiger partial charge in [0.15, 0.2) is 0 Å². The molecule has 2 rings (SSSR count). The van der Waals surface area contributed by atoms with Gasteiger partial charge in [-0.3, -0.25) is 0 Å². The third-order valence-electron chi connectivity index (χ3n) is 2.85. The molecule has 4 nitrogen and oxygen atoms in total. The highest BCUT2D eigenvalue weighted by Gasteiger charge is 2.12. The van der Waals surface area contributed by atoms with Gasteiger partial charge in [0, 0.05) is 25.4 Å². The fourth-order valence-electron chi connectivity index (χ4n) is 1.91. The van der Waals surface area contributed by atoms with Crippen molar-refractivity contribution < 1.29 is 4.74 Å². The zero-order chi connectivity index (χ0) is 13.0. The molecule has 0 atom stereocenters. The number of para-hydroxylation sites is 2. The van der Waals surface area contributed by atoms with Crippen molar-refractivity contribution in [2.45, 2.75) is 6.54 Å². The van der Waals surface area contributed by atoms with E-state index in [-0.39, 0.29) is 0 Å². The molecule has 0 aliphatic heterocycles. The summed E-state index contributed by atoms with van der Waals surface area (Å²) >= 11 is 0. The Morgan fingerprint density at radius 1 is 1.22 bits per heavy atom. The minimum Gasteiger partial charge on any atom is -0.495 e. The Balaban J connectivity index is 2.44. The van der Waals surface area contributed by atoms with Crippen molar-refractivity contribution >= 4 is 11.5 Å². The monoisotopic (exact) mass is 243 g/mol. The summed E-state index contributed by atoms with van der Waals surface area (Å²) in [6.45, 7) is 0.461. The van der Waals surface area contributed by atoms with E-state index in [4.69, 9.17) is 10.5 Å². The molecule has 0 saturated carbocycles. The molecule has 0 aliphatic carbocycles. The van der Waals surface area contributed by atoms with Crippen LogP contribution >= 0.6 is 0 Å². The number of benzene rings is 1. The summed E-state index contributed by atoms with van der Waals surface area (Å²) in [7, 11) is 3.62. The van der Waals surface area contributed by atoms with Crippen LogP contribution in [-0.4, -0.2) is 19.1 Å². The molecule has 0 radical (unpaired) electrons. The normalized spacial score (nSPS) is 10.2. The molecule has 1 aromatic carbocycles. The number of aromatic nitrogens is 1. The van der Waals surface area contributed by atoms with Gasteiger partial charge in [-0.25, -0.2) is 4.98 Å². The van der Waals surface area contributed by atoms with Gasteiger partial charge >= 0.3 is 0 Å². The van der Waals surface area contributed by atoms with Gasteiger partial charge in [-0.05, 0) is 18.2 Å². The van der Waals surface area contributed by atoms with Gasteiger partial charge in [0.25, 0.3) is 0 Å². The smallest absolute Gasteiger partial charge is 0.142 e. The first-order valence-corrected chi connectivity index (χ1v) is 5.78. The lowest BCUT2D eigenvalue weighted by molar-refractivity contribution is 0.415. The number of rotatable bonds is 4. The van der Waals surface area contributed by atoms with Crippen LogP contribution in [0, 0.1) is 0 Å². The molecule has 2 aromatic rings. The van der Waals surface area contributed by atoms with Crippen molar-refractivity contribution in [2.75, 3.05) is 19.1 Å². The van der Waals surface area contributed by atoms with E-state index in [0.717, 1.165) is 22.8 Å². The molecule has 0 saturated heterocycles. The number of anilines is 2. The van der Waals surface area contributed by atoms with Crippen LogP contribution in [0.3, 0.4) is 0 Å². The van der Waals surface area contributed by atoms with Crippen LogP contribution < -0.4 is 15.4 Å². The van der Waals surface area contributed by atoms with E-state index >= 15 is 0 Å². The first-order chi connectivity index (χ1) is 8.77. The zero-order valence-electron chi connectivity index (χ0n) is 10.6. The molecule has 2 N–H and O–H groups in total. The van der Waals surface area contributed by atoms with Crippen LogP contribution in [-0.2, 0) is 6.54 Å². The van der Waals surface area contributed by atoms with Crippen molar-refractivity contribution in [2.24, 2.45) is 5.73 Å². The van der Waals surface area contributed by atoms with Gasteiger partial charge in [-0.15, -0.1) is 0 Å². The number of methoxy groups -OCH3 is 1. The Bertz CT molecular complexity index is 480. The Hall–Kier alpha value is -2.07. The molecular formula is C14H17N3O. The average molecular weight is 243 g/mol. The van der Waals surface area contributed by atoms with E-state index in [1.54, 1.807) is 13.3 Å². The van der Waals surface area contributed by atoms with Crippen molar-refractivity contribution in [3.8, 4) is 5.75 Å². The quantitative estimate of drug-likeness (QED) is 0.895. The first-order valence-electron chi connectivity index (χ1n) is 5.78. The van der Waals surface area contributed by atoms with Crippen LogP contribution in [0.15, 0.2) is 42.6 Å². The third-order valence-corrected chi connectivity index (χ3v) is 2.85. The molecular weight excluding hydrogens is 226 g/mol. The van der Waals surface area contributed by atoms with E-state index in [1.165, 1.54) is 0 Å². The molecule has 0 aliphatic rings. The molecule has 0 spiro atoms. The Labute approximate surface area is 107 Å². The van der Waals surface area contributed by atoms with Gasteiger partial charge in [-0.1, -0.05) is 18.2 Å². The molecule has 1 heterocycles. The van der Waals surface area contributed by atoms with E-state index in [1.807, 2.05) is 48.3 Å². The van der Waals surface area contributed by atoms with E-state index in [2.05, 4.69) is 4.98 Å². The molecule has 94 valence electrons. The van der Waals surface area contributed by atoms with Crippen LogP contribution in [0.5, 0.6) is 5.75 Å². The van der Waals surface area contributed by atoms with Crippen LogP contribution in [0.1, 0.15) is 5.56 Å². The van der Waals surface area contributed by atoms with Crippen molar-refractivity contribution in [3.63, 3.8) is 0 Å². The molecule has 0 fully saturated rings. The molecule has 0 bridgehead atoms. The van der Waals surface area contributed by atoms with Gasteiger partial charge < -0.3 is 15.4 Å². The van der Waals surface area contributed by atoms with Crippen LogP contribution in [0.4, 0.5) is 11.5 Å². The van der Waals surface area contributed by atoms with Crippen molar-refractivity contribution in [3.05, 3.63) is 48.2 Å². The summed E-state index contributed by atoms with van der Waals surface area (Å²) < 4.78 is 5.36. The lowest BCUT2D eigenvalue weighted by Gasteiger charge is -2.22. The number of nitrogens with two attached hydrogens (primary N) is 1. The lowest BCUT2D eigenvalue weighted by Crippen LogP contribution is -2.15. The molecule has 4 heteroatoms. The van der Waals surface area contributed by atoms with Crippen molar-refractivity contribution in [1.82, 2.24) is 4.98 Å². The highest BCUT2D eigenvalue weighted by molar-refractivity contribution is 5.68. The maximum Gasteiger partial charge on any atom is 0.142 e. The molecule has 0 unspecified atom stereocenters. The second-order valence-electron chi connectivity index (χ2n) is 3.92. The van der Waals surface area contributed by atoms with E-state index in [0.29, 0.717) is 6.54 Å². The predicted octanol–water partition coefficient (Wildman–Crippen LogP) is 2.32. The standard InChI is InChI=1S/C14H17N3O/c1-17(12-7-3-4-8-13(12)18-2)14-11(10-15)6-5-9-16-14/h3-9H,10,15H2,1-2H3. The first kappa shape index (κ1) is 12.4. The maximum absolute atomic E-state index is 5.74. The second kappa shape index (κ2) is 5.51. The predicted molar refractivity (Wildman–Crippen MR) is 73.2 cm³/mol. The summed E-state index contributed by atoms with van der Waals surface area (Å²) in [4.78, 5) is 6.38. The molecule has 0 amide bonds. The Morgan fingerprint density at radius 2 is 2.00 bits per heavy atom.